The highest BCUT2D eigenvalue weighted by Gasteiger charge is 2.17. The Morgan fingerprint density at radius 2 is 1.41 bits per heavy atom. The lowest BCUT2D eigenvalue weighted by Gasteiger charge is -2.10. The Morgan fingerprint density at radius 3 is 1.94 bits per heavy atom. The molecule has 0 spiro atoms. The van der Waals surface area contributed by atoms with Crippen molar-refractivity contribution in [3.8, 4) is 11.5 Å². The number of rotatable bonds is 14. The van der Waals surface area contributed by atoms with E-state index in [-0.39, 0.29) is 20.1 Å². The van der Waals surface area contributed by atoms with Gasteiger partial charge in [-0.1, -0.05) is 24.3 Å². The molecule has 32 heavy (non-hydrogen) atoms. The first-order chi connectivity index (χ1) is 15.7. The third-order valence-electron chi connectivity index (χ3n) is 4.22. The molecule has 8 heteroatoms. The van der Waals surface area contributed by atoms with E-state index in [2.05, 4.69) is 9.98 Å². The molecule has 0 aromatic heterocycles. The molecule has 0 aliphatic rings. The Balaban J connectivity index is 2.09. The van der Waals surface area contributed by atoms with E-state index in [1.807, 2.05) is 62.4 Å². The van der Waals surface area contributed by atoms with Gasteiger partial charge in [0.25, 0.3) is 0 Å². The lowest BCUT2D eigenvalue weighted by Crippen LogP contribution is -2.23. The number of benzene rings is 2. The van der Waals surface area contributed by atoms with Gasteiger partial charge < -0.3 is 23.7 Å². The molecular formula is C24H30N2O6. The predicted octanol–water partition coefficient (Wildman–Crippen LogP) is 3.51. The van der Waals surface area contributed by atoms with Crippen molar-refractivity contribution in [3.63, 3.8) is 0 Å². The fourth-order valence-electron chi connectivity index (χ4n) is 2.55. The number of hydrogen-bond acceptors (Lipinski definition) is 8. The molecule has 0 radical (unpaired) electrons. The van der Waals surface area contributed by atoms with Gasteiger partial charge in [-0.15, -0.1) is 0 Å². The zero-order valence-electron chi connectivity index (χ0n) is 18.7. The summed E-state index contributed by atoms with van der Waals surface area (Å²) in [4.78, 5) is 21.0. The lowest BCUT2D eigenvalue weighted by atomic mass is 10.2. The molecule has 0 bridgehead atoms. The fourth-order valence-corrected chi connectivity index (χ4v) is 2.55. The molecule has 1 unspecified atom stereocenters. The van der Waals surface area contributed by atoms with Crippen LogP contribution in [-0.4, -0.2) is 64.9 Å². The van der Waals surface area contributed by atoms with Crippen molar-refractivity contribution in [1.82, 2.24) is 0 Å². The van der Waals surface area contributed by atoms with E-state index in [0.29, 0.717) is 24.7 Å². The van der Waals surface area contributed by atoms with E-state index in [0.717, 1.165) is 11.1 Å². The monoisotopic (exact) mass is 442 g/mol. The van der Waals surface area contributed by atoms with Gasteiger partial charge in [-0.25, -0.2) is 4.79 Å². The average Bonchev–Trinajstić information content (AvgIpc) is 2.82. The quantitative estimate of drug-likeness (QED) is 0.193. The molecule has 2 rings (SSSR count). The van der Waals surface area contributed by atoms with Crippen molar-refractivity contribution < 1.29 is 28.5 Å². The number of nitrogens with zero attached hydrogens (tertiary/aromatic N) is 2. The van der Waals surface area contributed by atoms with Gasteiger partial charge in [0, 0.05) is 36.8 Å². The molecular weight excluding hydrogens is 412 g/mol. The highest BCUT2D eigenvalue weighted by Crippen LogP contribution is 2.17. The first-order valence-corrected chi connectivity index (χ1v) is 10.4. The van der Waals surface area contributed by atoms with E-state index in [1.54, 1.807) is 12.4 Å². The van der Waals surface area contributed by atoms with Crippen molar-refractivity contribution in [2.24, 2.45) is 9.98 Å². The van der Waals surface area contributed by atoms with Crippen LogP contribution in [0.5, 0.6) is 11.5 Å². The number of aliphatic imine (C=N–C) groups is 2. The van der Waals surface area contributed by atoms with Crippen LogP contribution in [0.4, 0.5) is 0 Å². The summed E-state index contributed by atoms with van der Waals surface area (Å²) in [6, 6.07) is 14.0. The molecule has 0 amide bonds. The molecule has 0 heterocycles. The van der Waals surface area contributed by atoms with Crippen molar-refractivity contribution >= 4 is 18.4 Å². The molecule has 0 aliphatic heterocycles. The van der Waals surface area contributed by atoms with Crippen LogP contribution < -0.4 is 9.47 Å². The van der Waals surface area contributed by atoms with E-state index in [9.17, 15) is 4.79 Å². The fraction of sp³-hybridized carbons (Fsp3) is 0.375. The number of esters is 1. The molecule has 8 nitrogen and oxygen atoms in total. The Kier molecular flexibility index (Phi) is 11.5. The van der Waals surface area contributed by atoms with Crippen LogP contribution >= 0.6 is 0 Å². The highest BCUT2D eigenvalue weighted by atomic mass is 16.7. The zero-order chi connectivity index (χ0) is 23.0. The van der Waals surface area contributed by atoms with Crippen LogP contribution in [-0.2, 0) is 19.0 Å². The summed E-state index contributed by atoms with van der Waals surface area (Å²) < 4.78 is 26.6. The first-order valence-electron chi connectivity index (χ1n) is 10.4. The molecule has 0 fully saturated rings. The second-order valence-corrected chi connectivity index (χ2v) is 6.40. The van der Waals surface area contributed by atoms with Gasteiger partial charge in [0.05, 0.1) is 13.7 Å². The van der Waals surface area contributed by atoms with Crippen molar-refractivity contribution in [1.29, 1.82) is 0 Å². The summed E-state index contributed by atoms with van der Waals surface area (Å²) in [6.07, 6.45) is 3.23. The second-order valence-electron chi connectivity index (χ2n) is 6.40. The van der Waals surface area contributed by atoms with Gasteiger partial charge in [-0.2, -0.15) is 0 Å². The van der Waals surface area contributed by atoms with Gasteiger partial charge in [0.2, 0.25) is 0 Å². The largest absolute Gasteiger partial charge is 0.467 e. The second kappa shape index (κ2) is 14.7. The number of para-hydroxylation sites is 2. The van der Waals surface area contributed by atoms with Crippen LogP contribution in [0.25, 0.3) is 0 Å². The zero-order valence-corrected chi connectivity index (χ0v) is 18.7. The Hall–Kier alpha value is -3.23. The summed E-state index contributed by atoms with van der Waals surface area (Å²) >= 11 is 0. The number of hydrogen-bond donors (Lipinski definition) is 0. The summed E-state index contributed by atoms with van der Waals surface area (Å²) in [7, 11) is 1.32. The Morgan fingerprint density at radius 1 is 0.875 bits per heavy atom. The number of carbonyl (C=O) groups is 1. The molecule has 0 saturated carbocycles. The molecule has 1 atom stereocenters. The average molecular weight is 443 g/mol. The number of carbonyl (C=O) groups excluding carboxylic acids is 1. The highest BCUT2D eigenvalue weighted by molar-refractivity contribution is 5.87. The topological polar surface area (TPSA) is 87.9 Å². The van der Waals surface area contributed by atoms with Crippen molar-refractivity contribution in [2.45, 2.75) is 19.9 Å². The SMILES string of the molecule is CCOCOc1ccccc1C=NCC(N=Cc1ccccc1OCOCC)C(=O)OC. The Labute approximate surface area is 188 Å². The van der Waals surface area contributed by atoms with Gasteiger partial charge in [-0.3, -0.25) is 9.98 Å². The minimum absolute atomic E-state index is 0.116. The minimum Gasteiger partial charge on any atom is -0.467 e. The molecule has 2 aromatic carbocycles. The van der Waals surface area contributed by atoms with Crippen LogP contribution in [0.3, 0.4) is 0 Å². The molecule has 0 aliphatic carbocycles. The lowest BCUT2D eigenvalue weighted by molar-refractivity contribution is -0.141. The minimum atomic E-state index is -0.798. The smallest absolute Gasteiger partial charge is 0.332 e. The van der Waals surface area contributed by atoms with E-state index >= 15 is 0 Å². The molecule has 2 aromatic rings. The van der Waals surface area contributed by atoms with Gasteiger partial charge in [0.1, 0.15) is 11.5 Å². The first kappa shape index (κ1) is 25.0. The Bertz CT molecular complexity index is 884. The summed E-state index contributed by atoms with van der Waals surface area (Å²) in [6.45, 7) is 5.31. The standard InChI is InChI=1S/C24H30N2O6/c1-4-29-17-31-22-12-8-6-10-19(22)14-25-16-21(24(27)28-3)26-15-20-11-7-9-13-23(20)32-18-30-5-2/h6-15,21H,4-5,16-18H2,1-3H3. The predicted molar refractivity (Wildman–Crippen MR) is 123 cm³/mol. The summed E-state index contributed by atoms with van der Waals surface area (Å²) in [5.41, 5.74) is 1.49. The third kappa shape index (κ3) is 8.49. The number of ether oxygens (including phenoxy) is 5. The van der Waals surface area contributed by atoms with E-state index in [1.165, 1.54) is 7.11 Å². The van der Waals surface area contributed by atoms with Crippen LogP contribution in [0, 0.1) is 0 Å². The van der Waals surface area contributed by atoms with Crippen molar-refractivity contribution in [2.75, 3.05) is 40.5 Å². The van der Waals surface area contributed by atoms with Crippen molar-refractivity contribution in [3.05, 3.63) is 59.7 Å². The van der Waals surface area contributed by atoms with E-state index in [4.69, 9.17) is 23.7 Å². The maximum atomic E-state index is 12.2. The van der Waals surface area contributed by atoms with Crippen LogP contribution in [0.15, 0.2) is 58.5 Å². The normalized spacial score (nSPS) is 12.2. The molecule has 172 valence electrons. The van der Waals surface area contributed by atoms with Gasteiger partial charge >= 0.3 is 5.97 Å². The summed E-state index contributed by atoms with van der Waals surface area (Å²) in [5.74, 6) is 0.771. The molecule has 0 N–H and O–H groups in total. The maximum Gasteiger partial charge on any atom is 0.332 e. The van der Waals surface area contributed by atoms with Crippen LogP contribution in [0.1, 0.15) is 25.0 Å². The summed E-state index contributed by atoms with van der Waals surface area (Å²) in [5, 5.41) is 0. The maximum absolute atomic E-state index is 12.2. The van der Waals surface area contributed by atoms with E-state index < -0.39 is 12.0 Å². The van der Waals surface area contributed by atoms with Crippen LogP contribution in [0.2, 0.25) is 0 Å². The van der Waals surface area contributed by atoms with Gasteiger partial charge in [-0.05, 0) is 38.1 Å². The van der Waals surface area contributed by atoms with Gasteiger partial charge in [0.15, 0.2) is 19.6 Å². The molecule has 0 saturated heterocycles. The third-order valence-corrected chi connectivity index (χ3v) is 4.22. The number of methoxy groups -OCH3 is 1.